The molecular weight excluding hydrogens is 413 g/mol. The summed E-state index contributed by atoms with van der Waals surface area (Å²) in [7, 11) is 1.33. The number of ether oxygens (including phenoxy) is 1. The Morgan fingerprint density at radius 1 is 1.39 bits per heavy atom. The van der Waals surface area contributed by atoms with Crippen molar-refractivity contribution in [3.63, 3.8) is 0 Å². The van der Waals surface area contributed by atoms with E-state index in [-0.39, 0.29) is 22.3 Å². The van der Waals surface area contributed by atoms with Crippen molar-refractivity contribution in [2.45, 2.75) is 10.3 Å². The molecule has 1 unspecified atom stereocenters. The molecule has 1 N–H and O–H groups in total. The van der Waals surface area contributed by atoms with Crippen molar-refractivity contribution in [3.8, 4) is 0 Å². The Morgan fingerprint density at radius 3 is 2.56 bits per heavy atom. The van der Waals surface area contributed by atoms with Gasteiger partial charge < -0.3 is 10.1 Å². The molecule has 18 heavy (non-hydrogen) atoms. The van der Waals surface area contributed by atoms with Gasteiger partial charge in [-0.25, -0.2) is 0 Å². The van der Waals surface area contributed by atoms with E-state index >= 15 is 0 Å². The van der Waals surface area contributed by atoms with Gasteiger partial charge in [0.2, 0.25) is 5.91 Å². The monoisotopic (exact) mass is 425 g/mol. The van der Waals surface area contributed by atoms with Crippen molar-refractivity contribution >= 4 is 50.4 Å². The van der Waals surface area contributed by atoms with Gasteiger partial charge in [0, 0.05) is 11.0 Å². The first-order valence-corrected chi connectivity index (χ1v) is 7.30. The van der Waals surface area contributed by atoms with Gasteiger partial charge in [-0.3, -0.25) is 9.59 Å². The van der Waals surface area contributed by atoms with Crippen LogP contribution in [0, 0.1) is 0 Å². The maximum atomic E-state index is 11.6. The van der Waals surface area contributed by atoms with Crippen molar-refractivity contribution in [2.24, 2.45) is 0 Å². The van der Waals surface area contributed by atoms with E-state index in [1.165, 1.54) is 7.11 Å². The zero-order chi connectivity index (χ0) is 13.5. The highest BCUT2D eigenvalue weighted by Crippen LogP contribution is 2.10. The van der Waals surface area contributed by atoms with Crippen LogP contribution in [0.25, 0.3) is 0 Å². The number of amides is 1. The van der Waals surface area contributed by atoms with Gasteiger partial charge in [0.1, 0.15) is 3.92 Å². The van der Waals surface area contributed by atoms with Crippen LogP contribution in [0.3, 0.4) is 0 Å². The van der Waals surface area contributed by atoms with Crippen LogP contribution in [-0.4, -0.2) is 29.5 Å². The van der Waals surface area contributed by atoms with Gasteiger partial charge in [-0.1, -0.05) is 50.7 Å². The van der Waals surface area contributed by atoms with E-state index < -0.39 is 0 Å². The number of halogens is 2. The second-order valence-electron chi connectivity index (χ2n) is 3.60. The first kappa shape index (κ1) is 15.4. The number of benzene rings is 1. The van der Waals surface area contributed by atoms with Gasteiger partial charge in [0.15, 0.2) is 0 Å². The van der Waals surface area contributed by atoms with Crippen LogP contribution in [0.1, 0.15) is 5.56 Å². The minimum absolute atomic E-state index is 0.108. The maximum absolute atomic E-state index is 11.6. The quantitative estimate of drug-likeness (QED) is 0.446. The summed E-state index contributed by atoms with van der Waals surface area (Å²) >= 11 is 5.27. The zero-order valence-corrected chi connectivity index (χ0v) is 13.5. The molecule has 1 aromatic carbocycles. The highest BCUT2D eigenvalue weighted by atomic mass is 127. The normalized spacial score (nSPS) is 11.7. The van der Waals surface area contributed by atoms with E-state index in [1.54, 1.807) is 0 Å². The Balaban J connectivity index is 2.38. The van der Waals surface area contributed by atoms with Crippen LogP contribution in [0.2, 0.25) is 0 Å². The Hall–Kier alpha value is -0.630. The summed E-state index contributed by atoms with van der Waals surface area (Å²) in [6, 6.07) is 7.54. The number of carbonyl (C=O) groups is 2. The predicted molar refractivity (Wildman–Crippen MR) is 80.7 cm³/mol. The molecule has 4 nitrogen and oxygen atoms in total. The predicted octanol–water partition coefficient (Wildman–Crippen LogP) is 2.08. The van der Waals surface area contributed by atoms with Crippen molar-refractivity contribution in [2.75, 3.05) is 13.7 Å². The molecule has 0 aliphatic rings. The molecule has 0 aliphatic heterocycles. The molecule has 98 valence electrons. The van der Waals surface area contributed by atoms with E-state index in [9.17, 15) is 9.59 Å². The molecule has 0 aliphatic carbocycles. The third kappa shape index (κ3) is 5.34. The minimum atomic E-state index is -0.360. The Bertz CT molecular complexity index is 422. The second kappa shape index (κ2) is 7.73. The van der Waals surface area contributed by atoms with Crippen molar-refractivity contribution in [3.05, 3.63) is 34.3 Å². The second-order valence-corrected chi connectivity index (χ2v) is 6.02. The SMILES string of the molecule is COC(=O)C(I)CNC(=O)Cc1ccc(Br)cc1. The van der Waals surface area contributed by atoms with Crippen LogP contribution in [-0.2, 0) is 20.7 Å². The molecule has 0 radical (unpaired) electrons. The third-order valence-corrected chi connectivity index (χ3v) is 3.69. The molecule has 0 saturated carbocycles. The van der Waals surface area contributed by atoms with Crippen LogP contribution in [0.4, 0.5) is 0 Å². The zero-order valence-electron chi connectivity index (χ0n) is 9.78. The summed E-state index contributed by atoms with van der Waals surface area (Å²) in [6.07, 6.45) is 0.303. The molecule has 0 spiro atoms. The van der Waals surface area contributed by atoms with Crippen LogP contribution < -0.4 is 5.32 Å². The number of hydrogen-bond acceptors (Lipinski definition) is 3. The summed E-state index contributed by atoms with van der Waals surface area (Å²) in [6.45, 7) is 0.280. The summed E-state index contributed by atoms with van der Waals surface area (Å²) in [5.41, 5.74) is 0.929. The lowest BCUT2D eigenvalue weighted by Crippen LogP contribution is -2.34. The van der Waals surface area contributed by atoms with Crippen molar-refractivity contribution in [1.82, 2.24) is 5.32 Å². The summed E-state index contributed by atoms with van der Waals surface area (Å²) in [4.78, 5) is 22.8. The van der Waals surface area contributed by atoms with E-state index in [2.05, 4.69) is 26.0 Å². The fraction of sp³-hybridized carbons (Fsp3) is 0.333. The Morgan fingerprint density at radius 2 is 2.00 bits per heavy atom. The lowest BCUT2D eigenvalue weighted by atomic mass is 10.1. The van der Waals surface area contributed by atoms with E-state index in [1.807, 2.05) is 46.9 Å². The minimum Gasteiger partial charge on any atom is -0.468 e. The third-order valence-electron chi connectivity index (χ3n) is 2.21. The molecule has 0 heterocycles. The number of esters is 1. The van der Waals surface area contributed by atoms with Gasteiger partial charge in [0.25, 0.3) is 0 Å². The van der Waals surface area contributed by atoms with E-state index in [0.29, 0.717) is 6.42 Å². The van der Waals surface area contributed by atoms with Crippen LogP contribution >= 0.6 is 38.5 Å². The highest BCUT2D eigenvalue weighted by Gasteiger charge is 2.15. The first-order valence-electron chi connectivity index (χ1n) is 5.26. The highest BCUT2D eigenvalue weighted by molar-refractivity contribution is 14.1. The van der Waals surface area contributed by atoms with Crippen molar-refractivity contribution < 1.29 is 14.3 Å². The standard InChI is InChI=1S/C12H13BrINO3/c1-18-12(17)10(14)7-15-11(16)6-8-2-4-9(13)5-3-8/h2-5,10H,6-7H2,1H3,(H,15,16). The number of nitrogens with one attached hydrogen (secondary N) is 1. The van der Waals surface area contributed by atoms with Gasteiger partial charge in [-0.05, 0) is 17.7 Å². The summed E-state index contributed by atoms with van der Waals surface area (Å²) in [5.74, 6) is -0.442. The number of hydrogen-bond donors (Lipinski definition) is 1. The first-order chi connectivity index (χ1) is 8.52. The van der Waals surface area contributed by atoms with E-state index in [4.69, 9.17) is 0 Å². The molecular formula is C12H13BrINO3. The largest absolute Gasteiger partial charge is 0.468 e. The fourth-order valence-corrected chi connectivity index (χ4v) is 2.00. The molecule has 0 aromatic heterocycles. The smallest absolute Gasteiger partial charge is 0.320 e. The van der Waals surface area contributed by atoms with Gasteiger partial charge in [0.05, 0.1) is 13.5 Å². The van der Waals surface area contributed by atoms with E-state index in [0.717, 1.165) is 10.0 Å². The van der Waals surface area contributed by atoms with Gasteiger partial charge in [-0.15, -0.1) is 0 Å². The topological polar surface area (TPSA) is 55.4 Å². The number of carbonyl (C=O) groups excluding carboxylic acids is 2. The Labute approximate surface area is 128 Å². The Kier molecular flexibility index (Phi) is 6.62. The molecule has 1 aromatic rings. The van der Waals surface area contributed by atoms with Gasteiger partial charge >= 0.3 is 5.97 Å². The summed E-state index contributed by atoms with van der Waals surface area (Å²) < 4.78 is 5.19. The molecule has 1 atom stereocenters. The molecule has 0 saturated heterocycles. The lowest BCUT2D eigenvalue weighted by Gasteiger charge is -2.09. The molecule has 0 fully saturated rings. The molecule has 1 amide bonds. The summed E-state index contributed by atoms with van der Waals surface area (Å²) in [5, 5.41) is 2.70. The maximum Gasteiger partial charge on any atom is 0.320 e. The average molecular weight is 426 g/mol. The molecule has 0 bridgehead atoms. The molecule has 1 rings (SSSR count). The molecule has 6 heteroatoms. The van der Waals surface area contributed by atoms with Crippen molar-refractivity contribution in [1.29, 1.82) is 0 Å². The average Bonchev–Trinajstić information content (AvgIpc) is 2.37. The number of methoxy groups -OCH3 is 1. The van der Waals surface area contributed by atoms with Gasteiger partial charge in [-0.2, -0.15) is 0 Å². The number of alkyl halides is 1. The fourth-order valence-electron chi connectivity index (χ4n) is 1.26. The van der Waals surface area contributed by atoms with Crippen LogP contribution in [0.15, 0.2) is 28.7 Å². The number of rotatable bonds is 5. The van der Waals surface area contributed by atoms with Crippen LogP contribution in [0.5, 0.6) is 0 Å². The lowest BCUT2D eigenvalue weighted by molar-refractivity contribution is -0.139.